The van der Waals surface area contributed by atoms with Gasteiger partial charge in [0, 0.05) is 0 Å². The van der Waals surface area contributed by atoms with Gasteiger partial charge >= 0.3 is 55.8 Å². The maximum atomic E-state index is 10.6. The molecule has 0 aliphatic rings. The van der Waals surface area contributed by atoms with Crippen LogP contribution in [0, 0.1) is 0 Å². The summed E-state index contributed by atoms with van der Waals surface area (Å²) in [7, 11) is 0. The van der Waals surface area contributed by atoms with Crippen LogP contribution in [0.1, 0.15) is 12.8 Å². The molecule has 0 amide bonds. The van der Waals surface area contributed by atoms with Crippen molar-refractivity contribution in [3.8, 4) is 0 Å². The van der Waals surface area contributed by atoms with Crippen LogP contribution >= 0.6 is 0 Å². The molecule has 1 nitrogen and oxygen atoms in total. The third-order valence-corrected chi connectivity index (χ3v) is 2.16. The summed E-state index contributed by atoms with van der Waals surface area (Å²) in [5, 5.41) is 0. The fraction of sp³-hybridized carbons (Fsp3) is 0.500. The van der Waals surface area contributed by atoms with Gasteiger partial charge in [0.2, 0.25) is 0 Å². The van der Waals surface area contributed by atoms with E-state index in [4.69, 9.17) is 0 Å². The van der Waals surface area contributed by atoms with Crippen molar-refractivity contribution in [2.75, 3.05) is 0 Å². The summed E-state index contributed by atoms with van der Waals surface area (Å²) in [6.45, 7) is 3.52. The van der Waals surface area contributed by atoms with E-state index in [1.807, 2.05) is 5.82 Å². The molecular weight excluding hydrogens is 167 g/mol. The van der Waals surface area contributed by atoms with E-state index < -0.39 is 0 Å². The van der Waals surface area contributed by atoms with Crippen LogP contribution in [-0.2, 0) is 4.79 Å². The predicted octanol–water partition coefficient (Wildman–Crippen LogP) is 1.23. The number of carbonyl (C=O) groups excluding carboxylic acids is 1. The molecule has 46 valence electrons. The molecule has 0 rings (SSSR count). The van der Waals surface area contributed by atoms with Crippen LogP contribution in [0.25, 0.3) is 0 Å². The summed E-state index contributed by atoms with van der Waals surface area (Å²) < 4.78 is 0.386. The van der Waals surface area contributed by atoms with Gasteiger partial charge in [-0.05, 0) is 0 Å². The minimum absolute atomic E-state index is 0.197. The van der Waals surface area contributed by atoms with E-state index in [9.17, 15) is 4.79 Å². The van der Waals surface area contributed by atoms with Gasteiger partial charge in [-0.15, -0.1) is 0 Å². The van der Waals surface area contributed by atoms with Crippen molar-refractivity contribution in [2.24, 2.45) is 0 Å². The summed E-state index contributed by atoms with van der Waals surface area (Å²) in [6, 6.07) is 0. The third-order valence-electron chi connectivity index (χ3n) is 0.780. The Balaban J connectivity index is 3.11. The van der Waals surface area contributed by atoms with Crippen molar-refractivity contribution >= 4 is 19.6 Å². The number of allylic oxidation sites excluding steroid dienone is 1. The molecule has 0 heterocycles. The van der Waals surface area contributed by atoms with Crippen LogP contribution in [0.15, 0.2) is 12.7 Å². The normalized spacial score (nSPS) is 8.62. The summed E-state index contributed by atoms with van der Waals surface area (Å²) >= 11 is 0.197. The zero-order valence-electron chi connectivity index (χ0n) is 5.02. The van der Waals surface area contributed by atoms with Crippen molar-refractivity contribution in [3.05, 3.63) is 12.7 Å². The molecule has 0 aliphatic heterocycles. The van der Waals surface area contributed by atoms with E-state index >= 15 is 0 Å². The molecule has 0 aromatic carbocycles. The Morgan fingerprint density at radius 3 is 2.88 bits per heavy atom. The molecule has 0 unspecified atom stereocenters. The van der Waals surface area contributed by atoms with E-state index in [1.165, 1.54) is 0 Å². The van der Waals surface area contributed by atoms with Crippen molar-refractivity contribution in [1.29, 1.82) is 0 Å². The van der Waals surface area contributed by atoms with Gasteiger partial charge in [0.1, 0.15) is 0 Å². The second-order valence-electron chi connectivity index (χ2n) is 1.40. The summed E-state index contributed by atoms with van der Waals surface area (Å²) in [5.41, 5.74) is 0. The average Bonchev–Trinajstić information content (AvgIpc) is 1.83. The number of carbonyl (C=O) groups is 1. The topological polar surface area (TPSA) is 17.1 Å². The molecule has 0 saturated heterocycles. The fourth-order valence-electron chi connectivity index (χ4n) is 0.322. The van der Waals surface area contributed by atoms with E-state index in [0.717, 1.165) is 6.42 Å². The maximum absolute atomic E-state index is 10.6. The molecule has 0 atom stereocenters. The van der Waals surface area contributed by atoms with Crippen molar-refractivity contribution in [3.63, 3.8) is 0 Å². The van der Waals surface area contributed by atoms with Crippen LogP contribution in [-0.4, -0.2) is 19.6 Å². The van der Waals surface area contributed by atoms with Crippen LogP contribution in [0.3, 0.4) is 0 Å². The van der Waals surface area contributed by atoms with Gasteiger partial charge in [-0.3, -0.25) is 0 Å². The van der Waals surface area contributed by atoms with E-state index in [1.54, 1.807) is 6.08 Å². The summed E-state index contributed by atoms with van der Waals surface area (Å²) in [4.78, 5) is 10.6. The van der Waals surface area contributed by atoms with Gasteiger partial charge in [-0.25, -0.2) is 0 Å². The first-order valence-corrected chi connectivity index (χ1v) is 5.06. The van der Waals surface area contributed by atoms with Gasteiger partial charge in [0.25, 0.3) is 0 Å². The van der Waals surface area contributed by atoms with Crippen LogP contribution < -0.4 is 0 Å². The first-order valence-electron chi connectivity index (χ1n) is 2.49. The van der Waals surface area contributed by atoms with Crippen LogP contribution in [0.2, 0.25) is 5.82 Å². The molecule has 0 spiro atoms. The van der Waals surface area contributed by atoms with E-state index in [-0.39, 0.29) is 15.0 Å². The Kier molecular flexibility index (Phi) is 5.03. The van der Waals surface area contributed by atoms with Gasteiger partial charge in [-0.1, -0.05) is 0 Å². The molecule has 0 aliphatic carbocycles. The van der Waals surface area contributed by atoms with Gasteiger partial charge < -0.3 is 0 Å². The standard InChI is InChI=1S/C6H10OSe/c1-3-4-5-6(7)8-2/h3H,1,4-5H2,2H3. The monoisotopic (exact) mass is 178 g/mol. The first-order chi connectivity index (χ1) is 3.81. The summed E-state index contributed by atoms with van der Waals surface area (Å²) in [5.74, 6) is 1.94. The van der Waals surface area contributed by atoms with E-state index in [2.05, 4.69) is 6.58 Å². The molecule has 0 bridgehead atoms. The Labute approximate surface area is 56.3 Å². The Morgan fingerprint density at radius 2 is 2.50 bits per heavy atom. The number of hydrogen-bond acceptors (Lipinski definition) is 1. The molecule has 8 heavy (non-hydrogen) atoms. The van der Waals surface area contributed by atoms with Crippen molar-refractivity contribution in [1.82, 2.24) is 0 Å². The quantitative estimate of drug-likeness (QED) is 0.466. The third kappa shape index (κ3) is 4.10. The fourth-order valence-corrected chi connectivity index (χ4v) is 0.998. The minimum atomic E-state index is 0.197. The van der Waals surface area contributed by atoms with Crippen LogP contribution in [0.4, 0.5) is 0 Å². The van der Waals surface area contributed by atoms with Gasteiger partial charge in [-0.2, -0.15) is 0 Å². The molecule has 0 aromatic heterocycles. The van der Waals surface area contributed by atoms with Crippen LogP contribution in [0.5, 0.6) is 0 Å². The molecule has 0 saturated carbocycles. The molecule has 0 N–H and O–H groups in total. The molecule has 0 aromatic rings. The Hall–Kier alpha value is -0.0705. The van der Waals surface area contributed by atoms with Crippen molar-refractivity contribution in [2.45, 2.75) is 18.7 Å². The molecule has 2 heteroatoms. The number of rotatable bonds is 4. The predicted molar refractivity (Wildman–Crippen MR) is 36.1 cm³/mol. The summed E-state index contributed by atoms with van der Waals surface area (Å²) in [6.07, 6.45) is 3.32. The average molecular weight is 177 g/mol. The SMILES string of the molecule is C=CCCC(=O)[Se]C. The van der Waals surface area contributed by atoms with Crippen molar-refractivity contribution < 1.29 is 4.79 Å². The second kappa shape index (κ2) is 5.07. The first kappa shape index (κ1) is 7.93. The Bertz CT molecular complexity index is 88.5. The zero-order chi connectivity index (χ0) is 6.41. The van der Waals surface area contributed by atoms with Gasteiger partial charge in [0.15, 0.2) is 0 Å². The molecule has 0 fully saturated rings. The molecule has 0 radical (unpaired) electrons. The molecular formula is C6H10OSe. The van der Waals surface area contributed by atoms with Gasteiger partial charge in [0.05, 0.1) is 0 Å². The Morgan fingerprint density at radius 1 is 1.88 bits per heavy atom. The second-order valence-corrected chi connectivity index (χ2v) is 3.22. The number of hydrogen-bond donors (Lipinski definition) is 0. The zero-order valence-corrected chi connectivity index (χ0v) is 6.73. The van der Waals surface area contributed by atoms with E-state index in [0.29, 0.717) is 11.1 Å².